The van der Waals surface area contributed by atoms with Crippen LogP contribution in [0.3, 0.4) is 0 Å². The van der Waals surface area contributed by atoms with Crippen LogP contribution < -0.4 is 10.1 Å². The van der Waals surface area contributed by atoms with Crippen molar-refractivity contribution in [2.75, 3.05) is 6.61 Å². The van der Waals surface area contributed by atoms with Crippen LogP contribution in [0.4, 0.5) is 8.78 Å². The summed E-state index contributed by atoms with van der Waals surface area (Å²) in [5, 5.41) is 12.5. The maximum atomic E-state index is 12.2. The van der Waals surface area contributed by atoms with Crippen LogP contribution in [0, 0.1) is 0 Å². The Morgan fingerprint density at radius 3 is 2.95 bits per heavy atom. The molecule has 1 saturated carbocycles. The molecule has 2 rings (SSSR count). The van der Waals surface area contributed by atoms with E-state index in [1.807, 2.05) is 0 Å². The zero-order chi connectivity index (χ0) is 15.2. The van der Waals surface area contributed by atoms with Crippen molar-refractivity contribution in [2.24, 2.45) is 0 Å². The molecule has 5 nitrogen and oxygen atoms in total. The molecule has 2 N–H and O–H groups in total. The molecule has 1 amide bonds. The Labute approximate surface area is 121 Å². The number of carbonyl (C=O) groups is 1. The Hall–Kier alpha value is -1.76. The Bertz CT molecular complexity index is 485. The van der Waals surface area contributed by atoms with Crippen molar-refractivity contribution in [3.8, 4) is 5.75 Å². The minimum Gasteiger partial charge on any atom is -0.485 e. The Morgan fingerprint density at radius 1 is 1.48 bits per heavy atom. The molecule has 2 atom stereocenters. The smallest absolute Gasteiger partial charge is 0.274 e. The quantitative estimate of drug-likeness (QED) is 0.869. The molecular weight excluding hydrogens is 282 g/mol. The molecule has 1 aromatic heterocycles. The monoisotopic (exact) mass is 300 g/mol. The third kappa shape index (κ3) is 4.35. The Kier molecular flexibility index (Phi) is 5.44. The van der Waals surface area contributed by atoms with Gasteiger partial charge in [-0.3, -0.25) is 4.79 Å². The van der Waals surface area contributed by atoms with Gasteiger partial charge in [0.25, 0.3) is 12.3 Å². The van der Waals surface area contributed by atoms with Crippen LogP contribution in [0.5, 0.6) is 5.75 Å². The predicted octanol–water partition coefficient (Wildman–Crippen LogP) is 1.76. The van der Waals surface area contributed by atoms with Gasteiger partial charge in [-0.05, 0) is 25.0 Å². The Balaban J connectivity index is 2.04. The van der Waals surface area contributed by atoms with Crippen LogP contribution in [0.1, 0.15) is 36.2 Å². The van der Waals surface area contributed by atoms with E-state index in [-0.39, 0.29) is 17.5 Å². The maximum absolute atomic E-state index is 12.2. The number of aliphatic hydroxyl groups excluding tert-OH is 1. The van der Waals surface area contributed by atoms with Gasteiger partial charge in [0.2, 0.25) is 0 Å². The Morgan fingerprint density at radius 2 is 2.24 bits per heavy atom. The van der Waals surface area contributed by atoms with E-state index >= 15 is 0 Å². The van der Waals surface area contributed by atoms with Crippen LogP contribution >= 0.6 is 0 Å². The number of carbonyl (C=O) groups excluding carboxylic acids is 1. The fourth-order valence-corrected chi connectivity index (χ4v) is 2.35. The highest BCUT2D eigenvalue weighted by Crippen LogP contribution is 2.20. The molecule has 1 fully saturated rings. The number of aromatic nitrogens is 1. The number of alkyl halides is 2. The summed E-state index contributed by atoms with van der Waals surface area (Å²) in [7, 11) is 0. The first-order valence-corrected chi connectivity index (χ1v) is 6.93. The maximum Gasteiger partial charge on any atom is 0.274 e. The number of amides is 1. The van der Waals surface area contributed by atoms with Gasteiger partial charge in [0.05, 0.1) is 12.1 Å². The summed E-state index contributed by atoms with van der Waals surface area (Å²) in [6, 6.07) is 2.59. The molecule has 21 heavy (non-hydrogen) atoms. The number of pyridine rings is 1. The van der Waals surface area contributed by atoms with Crippen molar-refractivity contribution in [1.29, 1.82) is 0 Å². The number of rotatable bonds is 5. The molecule has 0 bridgehead atoms. The molecule has 0 saturated heterocycles. The van der Waals surface area contributed by atoms with Crippen LogP contribution in [-0.2, 0) is 0 Å². The highest BCUT2D eigenvalue weighted by Gasteiger charge is 2.26. The first-order valence-electron chi connectivity index (χ1n) is 6.93. The van der Waals surface area contributed by atoms with Crippen molar-refractivity contribution in [2.45, 2.75) is 44.3 Å². The summed E-state index contributed by atoms with van der Waals surface area (Å²) in [5.74, 6) is -0.508. The fourth-order valence-electron chi connectivity index (χ4n) is 2.35. The molecule has 0 spiro atoms. The summed E-state index contributed by atoms with van der Waals surface area (Å²) >= 11 is 0. The lowest BCUT2D eigenvalue weighted by molar-refractivity contribution is 0.0690. The van der Waals surface area contributed by atoms with Gasteiger partial charge in [-0.25, -0.2) is 13.8 Å². The van der Waals surface area contributed by atoms with E-state index < -0.39 is 25.0 Å². The average Bonchev–Trinajstić information content (AvgIpc) is 2.47. The highest BCUT2D eigenvalue weighted by molar-refractivity contribution is 5.95. The van der Waals surface area contributed by atoms with Gasteiger partial charge in [-0.2, -0.15) is 0 Å². The standard InChI is InChI=1S/C14H18F2N2O3/c15-12(16)8-21-11-6-3-7-17-13(11)14(20)18-9-4-1-2-5-10(9)19/h3,6-7,9-10,12,19H,1-2,4-5,8H2,(H,18,20). The number of halogens is 2. The highest BCUT2D eigenvalue weighted by atomic mass is 19.3. The van der Waals surface area contributed by atoms with Gasteiger partial charge in [-0.1, -0.05) is 12.8 Å². The SMILES string of the molecule is O=C(NC1CCCCC1O)c1ncccc1OCC(F)F. The van der Waals surface area contributed by atoms with E-state index in [2.05, 4.69) is 10.3 Å². The van der Waals surface area contributed by atoms with Gasteiger partial charge in [0.15, 0.2) is 11.4 Å². The van der Waals surface area contributed by atoms with Gasteiger partial charge in [0.1, 0.15) is 6.61 Å². The fraction of sp³-hybridized carbons (Fsp3) is 0.571. The molecule has 1 heterocycles. The second-order valence-corrected chi connectivity index (χ2v) is 4.98. The van der Waals surface area contributed by atoms with Crippen molar-refractivity contribution < 1.29 is 23.4 Å². The van der Waals surface area contributed by atoms with E-state index in [1.54, 1.807) is 0 Å². The largest absolute Gasteiger partial charge is 0.485 e. The van der Waals surface area contributed by atoms with Gasteiger partial charge < -0.3 is 15.2 Å². The summed E-state index contributed by atoms with van der Waals surface area (Å²) in [5.41, 5.74) is -0.0454. The van der Waals surface area contributed by atoms with Gasteiger partial charge in [0, 0.05) is 6.20 Å². The van der Waals surface area contributed by atoms with E-state index in [0.717, 1.165) is 12.8 Å². The van der Waals surface area contributed by atoms with Crippen LogP contribution in [-0.4, -0.2) is 41.2 Å². The first-order chi connectivity index (χ1) is 10.1. The van der Waals surface area contributed by atoms with Crippen LogP contribution in [0.25, 0.3) is 0 Å². The number of hydrogen-bond donors (Lipinski definition) is 2. The average molecular weight is 300 g/mol. The first kappa shape index (κ1) is 15.6. The van der Waals surface area contributed by atoms with Crippen molar-refractivity contribution in [3.05, 3.63) is 24.0 Å². The normalized spacial score (nSPS) is 22.1. The number of ether oxygens (including phenoxy) is 1. The minimum absolute atomic E-state index is 0.0144. The minimum atomic E-state index is -2.62. The molecule has 2 unspecified atom stereocenters. The second kappa shape index (κ2) is 7.31. The van der Waals surface area contributed by atoms with Gasteiger partial charge in [-0.15, -0.1) is 0 Å². The number of hydrogen-bond acceptors (Lipinski definition) is 4. The summed E-state index contributed by atoms with van der Waals surface area (Å²) in [6.07, 6.45) is 1.37. The van der Waals surface area contributed by atoms with Crippen LogP contribution in [0.2, 0.25) is 0 Å². The zero-order valence-corrected chi connectivity index (χ0v) is 11.5. The molecule has 1 aliphatic rings. The lowest BCUT2D eigenvalue weighted by atomic mass is 9.92. The molecule has 1 aliphatic carbocycles. The van der Waals surface area contributed by atoms with Crippen molar-refractivity contribution in [3.63, 3.8) is 0 Å². The van der Waals surface area contributed by atoms with Crippen molar-refractivity contribution >= 4 is 5.91 Å². The van der Waals surface area contributed by atoms with E-state index in [9.17, 15) is 18.7 Å². The number of aliphatic hydroxyl groups is 1. The lowest BCUT2D eigenvalue weighted by Crippen LogP contribution is -2.45. The molecule has 0 aliphatic heterocycles. The zero-order valence-electron chi connectivity index (χ0n) is 11.5. The molecule has 0 aromatic carbocycles. The summed E-state index contributed by atoms with van der Waals surface area (Å²) in [6.45, 7) is -0.794. The van der Waals surface area contributed by atoms with Crippen LogP contribution in [0.15, 0.2) is 18.3 Å². The molecule has 116 valence electrons. The van der Waals surface area contributed by atoms with E-state index in [4.69, 9.17) is 4.74 Å². The topological polar surface area (TPSA) is 71.5 Å². The van der Waals surface area contributed by atoms with Crippen molar-refractivity contribution in [1.82, 2.24) is 10.3 Å². The predicted molar refractivity (Wildman–Crippen MR) is 71.5 cm³/mol. The third-order valence-corrected chi connectivity index (χ3v) is 3.40. The molecule has 7 heteroatoms. The molecule has 0 radical (unpaired) electrons. The second-order valence-electron chi connectivity index (χ2n) is 4.98. The molecule has 1 aromatic rings. The summed E-state index contributed by atoms with van der Waals surface area (Å²) < 4.78 is 29.3. The van der Waals surface area contributed by atoms with E-state index in [0.29, 0.717) is 12.8 Å². The lowest BCUT2D eigenvalue weighted by Gasteiger charge is -2.28. The third-order valence-electron chi connectivity index (χ3n) is 3.40. The van der Waals surface area contributed by atoms with Gasteiger partial charge >= 0.3 is 0 Å². The molecular formula is C14H18F2N2O3. The number of nitrogens with zero attached hydrogens (tertiary/aromatic N) is 1. The number of nitrogens with one attached hydrogen (secondary N) is 1. The van der Waals surface area contributed by atoms with E-state index in [1.165, 1.54) is 18.3 Å². The summed E-state index contributed by atoms with van der Waals surface area (Å²) in [4.78, 5) is 16.1.